The van der Waals surface area contributed by atoms with Gasteiger partial charge in [-0.05, 0) is 18.6 Å². The van der Waals surface area contributed by atoms with Crippen molar-refractivity contribution in [1.82, 2.24) is 9.97 Å². The summed E-state index contributed by atoms with van der Waals surface area (Å²) < 4.78 is 5.66. The van der Waals surface area contributed by atoms with Crippen LogP contribution in [-0.2, 0) is 0 Å². The van der Waals surface area contributed by atoms with Crippen LogP contribution in [0.25, 0.3) is 0 Å². The highest BCUT2D eigenvalue weighted by Gasteiger charge is 2.24. The molecule has 0 aliphatic carbocycles. The van der Waals surface area contributed by atoms with E-state index in [-0.39, 0.29) is 5.92 Å². The van der Waals surface area contributed by atoms with Crippen LogP contribution >= 0.6 is 0 Å². The van der Waals surface area contributed by atoms with E-state index in [9.17, 15) is 0 Å². The molecule has 1 atom stereocenters. The van der Waals surface area contributed by atoms with E-state index >= 15 is 0 Å². The SMILES string of the molecule is CNc1ccnc(C2CCOc3ccccc32)n1. The molecule has 0 saturated heterocycles. The smallest absolute Gasteiger partial charge is 0.138 e. The first-order chi connectivity index (χ1) is 8.88. The number of rotatable bonds is 2. The molecule has 2 aromatic rings. The van der Waals surface area contributed by atoms with Gasteiger partial charge in [0.25, 0.3) is 0 Å². The van der Waals surface area contributed by atoms with Gasteiger partial charge >= 0.3 is 0 Å². The van der Waals surface area contributed by atoms with E-state index < -0.39 is 0 Å². The Labute approximate surface area is 106 Å². The zero-order chi connectivity index (χ0) is 12.4. The van der Waals surface area contributed by atoms with Crippen molar-refractivity contribution >= 4 is 5.82 Å². The quantitative estimate of drug-likeness (QED) is 0.877. The summed E-state index contributed by atoms with van der Waals surface area (Å²) in [6.45, 7) is 0.717. The number of hydrogen-bond donors (Lipinski definition) is 1. The fourth-order valence-corrected chi connectivity index (χ4v) is 2.29. The molecule has 0 radical (unpaired) electrons. The maximum Gasteiger partial charge on any atom is 0.138 e. The summed E-state index contributed by atoms with van der Waals surface area (Å²) in [4.78, 5) is 8.94. The molecule has 1 aliphatic rings. The van der Waals surface area contributed by atoms with Gasteiger partial charge in [0.15, 0.2) is 0 Å². The average Bonchev–Trinajstić information content (AvgIpc) is 2.47. The van der Waals surface area contributed by atoms with Crippen molar-refractivity contribution in [3.05, 3.63) is 47.9 Å². The molecule has 1 aliphatic heterocycles. The lowest BCUT2D eigenvalue weighted by molar-refractivity contribution is 0.274. The summed E-state index contributed by atoms with van der Waals surface area (Å²) in [5.74, 6) is 2.89. The highest BCUT2D eigenvalue weighted by molar-refractivity contribution is 5.42. The molecule has 18 heavy (non-hydrogen) atoms. The van der Waals surface area contributed by atoms with Crippen molar-refractivity contribution in [1.29, 1.82) is 0 Å². The Bertz CT molecular complexity index is 556. The van der Waals surface area contributed by atoms with Crippen molar-refractivity contribution in [3.63, 3.8) is 0 Å². The number of nitrogens with zero attached hydrogens (tertiary/aromatic N) is 2. The normalized spacial score (nSPS) is 17.7. The number of nitrogens with one attached hydrogen (secondary N) is 1. The van der Waals surface area contributed by atoms with Gasteiger partial charge in [-0.15, -0.1) is 0 Å². The van der Waals surface area contributed by atoms with Crippen LogP contribution in [-0.4, -0.2) is 23.6 Å². The van der Waals surface area contributed by atoms with E-state index in [1.807, 2.05) is 31.3 Å². The summed E-state index contributed by atoms with van der Waals surface area (Å²) in [6.07, 6.45) is 2.72. The Hall–Kier alpha value is -2.10. The molecular formula is C14H15N3O. The van der Waals surface area contributed by atoms with E-state index in [0.29, 0.717) is 0 Å². The van der Waals surface area contributed by atoms with Gasteiger partial charge in [0, 0.05) is 18.8 Å². The van der Waals surface area contributed by atoms with E-state index in [1.54, 1.807) is 6.20 Å². The van der Waals surface area contributed by atoms with Gasteiger partial charge in [-0.2, -0.15) is 0 Å². The van der Waals surface area contributed by atoms with Crippen molar-refractivity contribution in [3.8, 4) is 5.75 Å². The predicted molar refractivity (Wildman–Crippen MR) is 70.0 cm³/mol. The highest BCUT2D eigenvalue weighted by atomic mass is 16.5. The monoisotopic (exact) mass is 241 g/mol. The number of aromatic nitrogens is 2. The first-order valence-corrected chi connectivity index (χ1v) is 6.11. The van der Waals surface area contributed by atoms with Gasteiger partial charge in [-0.3, -0.25) is 0 Å². The van der Waals surface area contributed by atoms with Gasteiger partial charge in [0.05, 0.1) is 12.5 Å². The molecule has 0 saturated carbocycles. The Morgan fingerprint density at radius 3 is 3.06 bits per heavy atom. The van der Waals surface area contributed by atoms with Crippen LogP contribution in [0.1, 0.15) is 23.7 Å². The van der Waals surface area contributed by atoms with E-state index in [1.165, 1.54) is 5.56 Å². The molecule has 4 nitrogen and oxygen atoms in total. The Kier molecular flexibility index (Phi) is 2.84. The minimum Gasteiger partial charge on any atom is -0.493 e. The minimum absolute atomic E-state index is 0.225. The number of anilines is 1. The summed E-state index contributed by atoms with van der Waals surface area (Å²) >= 11 is 0. The molecule has 0 fully saturated rings. The molecule has 1 N–H and O–H groups in total. The maximum atomic E-state index is 5.66. The number of fused-ring (bicyclic) bond motifs is 1. The molecule has 3 rings (SSSR count). The summed E-state index contributed by atoms with van der Waals surface area (Å²) in [7, 11) is 1.87. The van der Waals surface area contributed by atoms with Gasteiger partial charge in [0.1, 0.15) is 17.4 Å². The third-order valence-electron chi connectivity index (χ3n) is 3.20. The molecule has 0 amide bonds. The molecular weight excluding hydrogens is 226 g/mol. The second-order valence-electron chi connectivity index (χ2n) is 4.28. The largest absolute Gasteiger partial charge is 0.493 e. The molecule has 1 aromatic carbocycles. The third kappa shape index (κ3) is 1.90. The van der Waals surface area contributed by atoms with Crippen molar-refractivity contribution in [2.75, 3.05) is 19.0 Å². The van der Waals surface area contributed by atoms with E-state index in [4.69, 9.17) is 4.74 Å². The number of ether oxygens (including phenoxy) is 1. The molecule has 1 aromatic heterocycles. The fourth-order valence-electron chi connectivity index (χ4n) is 2.29. The predicted octanol–water partition coefficient (Wildman–Crippen LogP) is 2.43. The second-order valence-corrected chi connectivity index (χ2v) is 4.28. The minimum atomic E-state index is 0.225. The summed E-state index contributed by atoms with van der Waals surface area (Å²) in [5, 5.41) is 3.05. The van der Waals surface area contributed by atoms with Crippen LogP contribution in [0.2, 0.25) is 0 Å². The Morgan fingerprint density at radius 2 is 2.17 bits per heavy atom. The lowest BCUT2D eigenvalue weighted by atomic mass is 9.92. The highest BCUT2D eigenvalue weighted by Crippen LogP contribution is 2.36. The first kappa shape index (κ1) is 11.0. The summed E-state index contributed by atoms with van der Waals surface area (Å²) in [6, 6.07) is 9.99. The lowest BCUT2D eigenvalue weighted by Crippen LogP contribution is -2.17. The number of para-hydroxylation sites is 1. The van der Waals surface area contributed by atoms with E-state index in [2.05, 4.69) is 21.4 Å². The number of hydrogen-bond acceptors (Lipinski definition) is 4. The number of benzene rings is 1. The van der Waals surface area contributed by atoms with Gasteiger partial charge in [-0.1, -0.05) is 18.2 Å². The fraction of sp³-hybridized carbons (Fsp3) is 0.286. The molecule has 92 valence electrons. The van der Waals surface area contributed by atoms with E-state index in [0.717, 1.165) is 30.4 Å². The molecule has 0 spiro atoms. The van der Waals surface area contributed by atoms with Crippen LogP contribution in [0, 0.1) is 0 Å². The standard InChI is InChI=1S/C14H15N3O/c1-15-13-6-8-16-14(17-13)11-7-9-18-12-5-3-2-4-10(11)12/h2-6,8,11H,7,9H2,1H3,(H,15,16,17). The topological polar surface area (TPSA) is 47.0 Å². The lowest BCUT2D eigenvalue weighted by Gasteiger charge is -2.24. The van der Waals surface area contributed by atoms with Crippen LogP contribution in [0.4, 0.5) is 5.82 Å². The van der Waals surface area contributed by atoms with Crippen LogP contribution < -0.4 is 10.1 Å². The van der Waals surface area contributed by atoms with Gasteiger partial charge in [0.2, 0.25) is 0 Å². The van der Waals surface area contributed by atoms with Crippen molar-refractivity contribution < 1.29 is 4.74 Å². The van der Waals surface area contributed by atoms with Crippen molar-refractivity contribution in [2.24, 2.45) is 0 Å². The zero-order valence-corrected chi connectivity index (χ0v) is 10.3. The average molecular weight is 241 g/mol. The second kappa shape index (κ2) is 4.64. The van der Waals surface area contributed by atoms with Gasteiger partial charge < -0.3 is 10.1 Å². The van der Waals surface area contributed by atoms with Crippen LogP contribution in [0.15, 0.2) is 36.5 Å². The zero-order valence-electron chi connectivity index (χ0n) is 10.3. The third-order valence-corrected chi connectivity index (χ3v) is 3.20. The van der Waals surface area contributed by atoms with Crippen LogP contribution in [0.3, 0.4) is 0 Å². The molecule has 2 heterocycles. The van der Waals surface area contributed by atoms with Crippen LogP contribution in [0.5, 0.6) is 5.75 Å². The maximum absolute atomic E-state index is 5.66. The Balaban J connectivity index is 2.02. The Morgan fingerprint density at radius 1 is 1.28 bits per heavy atom. The van der Waals surface area contributed by atoms with Gasteiger partial charge in [-0.25, -0.2) is 9.97 Å². The first-order valence-electron chi connectivity index (χ1n) is 6.11. The molecule has 1 unspecified atom stereocenters. The molecule has 0 bridgehead atoms. The molecule has 4 heteroatoms. The van der Waals surface area contributed by atoms with Crippen molar-refractivity contribution in [2.45, 2.75) is 12.3 Å². The summed E-state index contributed by atoms with van der Waals surface area (Å²) in [5.41, 5.74) is 1.18.